The van der Waals surface area contributed by atoms with Crippen molar-refractivity contribution in [2.45, 2.75) is 50.9 Å². The molecule has 24 heavy (non-hydrogen) atoms. The Hall–Kier alpha value is -1.80. The summed E-state index contributed by atoms with van der Waals surface area (Å²) in [7, 11) is 0. The number of hydrogen-bond acceptors (Lipinski definition) is 4. The van der Waals surface area contributed by atoms with E-state index >= 15 is 0 Å². The van der Waals surface area contributed by atoms with Crippen molar-refractivity contribution in [1.82, 2.24) is 15.6 Å². The number of hydrogen-bond donors (Lipinski definition) is 2. The van der Waals surface area contributed by atoms with Crippen LogP contribution in [-0.4, -0.2) is 53.8 Å². The van der Waals surface area contributed by atoms with E-state index in [0.717, 1.165) is 19.8 Å². The number of nitrogens with zero attached hydrogens (tertiary/aromatic N) is 2. The summed E-state index contributed by atoms with van der Waals surface area (Å²) in [5.74, 6) is -1.76. The molecule has 3 rings (SSSR count). The molecule has 0 bridgehead atoms. The van der Waals surface area contributed by atoms with Crippen LogP contribution < -0.4 is 10.7 Å². The molecule has 0 radical (unpaired) electrons. The minimum Gasteiger partial charge on any atom is -0.351 e. The van der Waals surface area contributed by atoms with Gasteiger partial charge in [-0.15, -0.1) is 0 Å². The van der Waals surface area contributed by atoms with Gasteiger partial charge in [0.05, 0.1) is 11.6 Å². The molecule has 2 heterocycles. The fourth-order valence-corrected chi connectivity index (χ4v) is 3.03. The van der Waals surface area contributed by atoms with Crippen molar-refractivity contribution in [3.63, 3.8) is 0 Å². The number of likely N-dealkylation sites (tertiary alicyclic amines) is 1. The van der Waals surface area contributed by atoms with Gasteiger partial charge in [0.1, 0.15) is 6.04 Å². The number of nitrogens with one attached hydrogen (secondary N) is 2. The molecule has 0 aromatic heterocycles. The standard InChI is InChI=1S/C15H21F3N4O2/c1-8(15(16,17)18)11-6-12(21-20-11)14(24)22-5-4-10(7-22)19-13(23)9-2-3-9/h8-10,12,21H,2-7H2,1H3,(H,19,23). The highest BCUT2D eigenvalue weighted by molar-refractivity contribution is 5.95. The lowest BCUT2D eigenvalue weighted by atomic mass is 9.99. The molecule has 1 saturated heterocycles. The Kier molecular flexibility index (Phi) is 4.44. The molecule has 3 atom stereocenters. The normalized spacial score (nSPS) is 28.3. The van der Waals surface area contributed by atoms with Crippen molar-refractivity contribution < 1.29 is 22.8 Å². The molecule has 1 aliphatic carbocycles. The highest BCUT2D eigenvalue weighted by Crippen LogP contribution is 2.30. The number of rotatable bonds is 4. The van der Waals surface area contributed by atoms with Gasteiger partial charge in [-0.25, -0.2) is 0 Å². The third kappa shape index (κ3) is 3.64. The van der Waals surface area contributed by atoms with Crippen LogP contribution in [0.15, 0.2) is 5.10 Å². The van der Waals surface area contributed by atoms with Gasteiger partial charge in [0.2, 0.25) is 11.8 Å². The van der Waals surface area contributed by atoms with Gasteiger partial charge in [0, 0.05) is 31.5 Å². The van der Waals surface area contributed by atoms with Crippen molar-refractivity contribution in [3.8, 4) is 0 Å². The molecule has 134 valence electrons. The fourth-order valence-electron chi connectivity index (χ4n) is 3.03. The van der Waals surface area contributed by atoms with E-state index in [1.165, 1.54) is 0 Å². The predicted octanol–water partition coefficient (Wildman–Crippen LogP) is 1.03. The van der Waals surface area contributed by atoms with E-state index in [1.54, 1.807) is 4.90 Å². The molecule has 3 aliphatic rings. The second kappa shape index (κ2) is 6.25. The highest BCUT2D eigenvalue weighted by Gasteiger charge is 2.43. The molecule has 6 nitrogen and oxygen atoms in total. The zero-order valence-corrected chi connectivity index (χ0v) is 13.4. The van der Waals surface area contributed by atoms with E-state index in [-0.39, 0.29) is 35.9 Å². The summed E-state index contributed by atoms with van der Waals surface area (Å²) >= 11 is 0. The first-order valence-corrected chi connectivity index (χ1v) is 8.23. The summed E-state index contributed by atoms with van der Waals surface area (Å²) in [6, 6.07) is -0.819. The third-order valence-electron chi connectivity index (χ3n) is 4.86. The Morgan fingerprint density at radius 2 is 2.04 bits per heavy atom. The molecule has 0 spiro atoms. The predicted molar refractivity (Wildman–Crippen MR) is 80.0 cm³/mol. The van der Waals surface area contributed by atoms with Crippen LogP contribution in [0.25, 0.3) is 0 Å². The molecule has 2 amide bonds. The summed E-state index contributed by atoms with van der Waals surface area (Å²) in [6.07, 6.45) is -1.88. The Bertz CT molecular complexity index is 559. The topological polar surface area (TPSA) is 73.8 Å². The maximum atomic E-state index is 12.7. The first-order valence-electron chi connectivity index (χ1n) is 8.23. The maximum Gasteiger partial charge on any atom is 0.396 e. The lowest BCUT2D eigenvalue weighted by molar-refractivity contribution is -0.151. The highest BCUT2D eigenvalue weighted by atomic mass is 19.4. The number of carbonyl (C=O) groups excluding carboxylic acids is 2. The average Bonchev–Trinajstić information content (AvgIpc) is 3.08. The zero-order valence-electron chi connectivity index (χ0n) is 13.4. The van der Waals surface area contributed by atoms with Crippen LogP contribution in [0.5, 0.6) is 0 Å². The van der Waals surface area contributed by atoms with Crippen LogP contribution in [-0.2, 0) is 9.59 Å². The number of alkyl halides is 3. The molecule has 2 N–H and O–H groups in total. The Morgan fingerprint density at radius 3 is 2.67 bits per heavy atom. The molecule has 3 unspecified atom stereocenters. The Balaban J connectivity index is 1.48. The van der Waals surface area contributed by atoms with Crippen LogP contribution in [0.4, 0.5) is 13.2 Å². The molecule has 1 saturated carbocycles. The van der Waals surface area contributed by atoms with Crippen LogP contribution in [0.2, 0.25) is 0 Å². The summed E-state index contributed by atoms with van der Waals surface area (Å²) in [5, 5.41) is 6.64. The zero-order chi connectivity index (χ0) is 17.5. The van der Waals surface area contributed by atoms with Gasteiger partial charge >= 0.3 is 6.18 Å². The molecule has 2 aliphatic heterocycles. The van der Waals surface area contributed by atoms with Crippen LogP contribution in [0.1, 0.15) is 32.6 Å². The molecule has 0 aromatic carbocycles. The Morgan fingerprint density at radius 1 is 1.33 bits per heavy atom. The van der Waals surface area contributed by atoms with Crippen molar-refractivity contribution in [1.29, 1.82) is 0 Å². The summed E-state index contributed by atoms with van der Waals surface area (Å²) in [5.41, 5.74) is 2.49. The van der Waals surface area contributed by atoms with Crippen molar-refractivity contribution in [2.24, 2.45) is 16.9 Å². The van der Waals surface area contributed by atoms with E-state index in [0.29, 0.717) is 19.5 Å². The van der Waals surface area contributed by atoms with Gasteiger partial charge in [0.15, 0.2) is 0 Å². The molecular formula is C15H21F3N4O2. The van der Waals surface area contributed by atoms with E-state index in [2.05, 4.69) is 15.8 Å². The van der Waals surface area contributed by atoms with E-state index in [1.807, 2.05) is 0 Å². The van der Waals surface area contributed by atoms with Crippen LogP contribution >= 0.6 is 0 Å². The van der Waals surface area contributed by atoms with Gasteiger partial charge in [-0.05, 0) is 26.2 Å². The number of hydrazone groups is 1. The van der Waals surface area contributed by atoms with Gasteiger partial charge < -0.3 is 10.2 Å². The Labute approximate surface area is 137 Å². The second-order valence-electron chi connectivity index (χ2n) is 6.80. The summed E-state index contributed by atoms with van der Waals surface area (Å²) < 4.78 is 38.2. The summed E-state index contributed by atoms with van der Waals surface area (Å²) in [4.78, 5) is 25.8. The molecule has 9 heteroatoms. The number of halogens is 3. The second-order valence-corrected chi connectivity index (χ2v) is 6.80. The fraction of sp³-hybridized carbons (Fsp3) is 0.800. The average molecular weight is 346 g/mol. The quantitative estimate of drug-likeness (QED) is 0.799. The minimum atomic E-state index is -4.36. The van der Waals surface area contributed by atoms with Crippen molar-refractivity contribution >= 4 is 17.5 Å². The summed E-state index contributed by atoms with van der Waals surface area (Å²) in [6.45, 7) is 1.95. The maximum absolute atomic E-state index is 12.7. The minimum absolute atomic E-state index is 0.0326. The first-order chi connectivity index (χ1) is 11.3. The van der Waals surface area contributed by atoms with Gasteiger partial charge in [-0.3, -0.25) is 15.0 Å². The molecular weight excluding hydrogens is 325 g/mol. The molecule has 0 aromatic rings. The number of carbonyl (C=O) groups is 2. The first kappa shape index (κ1) is 17.0. The van der Waals surface area contributed by atoms with Crippen LogP contribution in [0.3, 0.4) is 0 Å². The van der Waals surface area contributed by atoms with E-state index < -0.39 is 18.1 Å². The van der Waals surface area contributed by atoms with Crippen molar-refractivity contribution in [3.05, 3.63) is 0 Å². The number of amides is 2. The molecule has 2 fully saturated rings. The van der Waals surface area contributed by atoms with Gasteiger partial charge in [-0.1, -0.05) is 0 Å². The van der Waals surface area contributed by atoms with Gasteiger partial charge in [-0.2, -0.15) is 18.3 Å². The lowest BCUT2D eigenvalue weighted by Gasteiger charge is -2.21. The van der Waals surface area contributed by atoms with E-state index in [9.17, 15) is 22.8 Å². The monoisotopic (exact) mass is 346 g/mol. The van der Waals surface area contributed by atoms with E-state index in [4.69, 9.17) is 0 Å². The van der Waals surface area contributed by atoms with Gasteiger partial charge in [0.25, 0.3) is 0 Å². The smallest absolute Gasteiger partial charge is 0.351 e. The van der Waals surface area contributed by atoms with Crippen molar-refractivity contribution in [2.75, 3.05) is 13.1 Å². The largest absolute Gasteiger partial charge is 0.396 e. The van der Waals surface area contributed by atoms with Crippen LogP contribution in [0, 0.1) is 11.8 Å². The third-order valence-corrected chi connectivity index (χ3v) is 4.86. The lowest BCUT2D eigenvalue weighted by Crippen LogP contribution is -2.44. The SMILES string of the molecule is CC(C1=NNC(C(=O)N2CCC(NC(=O)C3CC3)C2)C1)C(F)(F)F.